The van der Waals surface area contributed by atoms with E-state index in [1.54, 1.807) is 43.5 Å². The van der Waals surface area contributed by atoms with Crippen molar-refractivity contribution in [2.75, 3.05) is 24.3 Å². The van der Waals surface area contributed by atoms with E-state index in [2.05, 4.69) is 20.8 Å². The summed E-state index contributed by atoms with van der Waals surface area (Å²) in [6.07, 6.45) is 0.792. The molecule has 0 aliphatic rings. The molecule has 7 heteroatoms. The van der Waals surface area contributed by atoms with Gasteiger partial charge in [-0.1, -0.05) is 29.8 Å². The Morgan fingerprint density at radius 3 is 2.41 bits per heavy atom. The van der Waals surface area contributed by atoms with Gasteiger partial charge in [0.2, 0.25) is 0 Å². The molecule has 0 unspecified atom stereocenters. The molecular formula is C20H19ClN4O2. The van der Waals surface area contributed by atoms with Gasteiger partial charge >= 0.3 is 0 Å². The van der Waals surface area contributed by atoms with Crippen LogP contribution in [0, 0.1) is 0 Å². The van der Waals surface area contributed by atoms with Gasteiger partial charge in [0, 0.05) is 17.1 Å². The number of carbonyl (C=O) groups is 1. The van der Waals surface area contributed by atoms with Gasteiger partial charge in [-0.15, -0.1) is 10.2 Å². The lowest BCUT2D eigenvalue weighted by Gasteiger charge is -2.09. The third-order valence-electron chi connectivity index (χ3n) is 3.91. The van der Waals surface area contributed by atoms with E-state index in [1.807, 2.05) is 24.3 Å². The Morgan fingerprint density at radius 2 is 1.70 bits per heavy atom. The lowest BCUT2D eigenvalue weighted by molar-refractivity contribution is 0.102. The number of amides is 1. The second-order valence-electron chi connectivity index (χ2n) is 5.75. The maximum Gasteiger partial charge on any atom is 0.256 e. The van der Waals surface area contributed by atoms with Gasteiger partial charge in [0.05, 0.1) is 7.11 Å². The molecule has 138 valence electrons. The molecule has 1 amide bonds. The van der Waals surface area contributed by atoms with Gasteiger partial charge in [-0.2, -0.15) is 0 Å². The van der Waals surface area contributed by atoms with Gasteiger partial charge < -0.3 is 15.4 Å². The van der Waals surface area contributed by atoms with E-state index in [-0.39, 0.29) is 5.91 Å². The largest absolute Gasteiger partial charge is 0.496 e. The average Bonchev–Trinajstić information content (AvgIpc) is 2.70. The maximum atomic E-state index is 12.2. The molecule has 0 aliphatic carbocycles. The normalized spacial score (nSPS) is 10.3. The number of ether oxygens (including phenoxy) is 1. The second-order valence-corrected chi connectivity index (χ2v) is 6.19. The van der Waals surface area contributed by atoms with E-state index >= 15 is 0 Å². The number of halogens is 1. The van der Waals surface area contributed by atoms with Crippen LogP contribution in [-0.4, -0.2) is 29.8 Å². The number of nitrogens with zero attached hydrogens (tertiary/aromatic N) is 2. The lowest BCUT2D eigenvalue weighted by Crippen LogP contribution is -2.14. The van der Waals surface area contributed by atoms with Gasteiger partial charge in [0.25, 0.3) is 5.91 Å². The van der Waals surface area contributed by atoms with Crippen molar-refractivity contribution in [2.24, 2.45) is 0 Å². The molecule has 6 nitrogen and oxygen atoms in total. The first kappa shape index (κ1) is 18.7. The monoisotopic (exact) mass is 382 g/mol. The molecule has 0 fully saturated rings. The van der Waals surface area contributed by atoms with Crippen LogP contribution >= 0.6 is 11.6 Å². The van der Waals surface area contributed by atoms with E-state index in [9.17, 15) is 4.79 Å². The van der Waals surface area contributed by atoms with Crippen LogP contribution in [0.15, 0.2) is 60.7 Å². The predicted octanol–water partition coefficient (Wildman–Crippen LogP) is 4.05. The summed E-state index contributed by atoms with van der Waals surface area (Å²) in [7, 11) is 1.66. The maximum absolute atomic E-state index is 12.2. The molecule has 0 bridgehead atoms. The Morgan fingerprint density at radius 1 is 1.00 bits per heavy atom. The van der Waals surface area contributed by atoms with E-state index in [4.69, 9.17) is 16.3 Å². The van der Waals surface area contributed by atoms with Crippen LogP contribution in [0.3, 0.4) is 0 Å². The molecule has 3 rings (SSSR count). The fourth-order valence-corrected chi connectivity index (χ4v) is 2.64. The highest BCUT2D eigenvalue weighted by molar-refractivity contribution is 6.30. The molecule has 0 saturated carbocycles. The number of hydrogen-bond donors (Lipinski definition) is 2. The minimum Gasteiger partial charge on any atom is -0.496 e. The summed E-state index contributed by atoms with van der Waals surface area (Å²) in [6.45, 7) is 0.686. The predicted molar refractivity (Wildman–Crippen MR) is 107 cm³/mol. The Kier molecular flexibility index (Phi) is 6.22. The Balaban J connectivity index is 1.52. The molecule has 3 aromatic rings. The molecule has 0 spiro atoms. The summed E-state index contributed by atoms with van der Waals surface area (Å²) in [4.78, 5) is 12.2. The van der Waals surface area contributed by atoms with E-state index < -0.39 is 0 Å². The zero-order valence-electron chi connectivity index (χ0n) is 14.8. The highest BCUT2D eigenvalue weighted by atomic mass is 35.5. The lowest BCUT2D eigenvalue weighted by atomic mass is 10.1. The highest BCUT2D eigenvalue weighted by Crippen LogP contribution is 2.18. The SMILES string of the molecule is COc1ccccc1CCNc1ccc(NC(=O)c2ccc(Cl)cc2)nn1. The van der Waals surface area contributed by atoms with Crippen LogP contribution in [0.4, 0.5) is 11.6 Å². The smallest absolute Gasteiger partial charge is 0.256 e. The first-order chi connectivity index (χ1) is 13.2. The third kappa shape index (κ3) is 5.18. The molecule has 0 saturated heterocycles. The Labute approximate surface area is 162 Å². The van der Waals surface area contributed by atoms with Gasteiger partial charge in [0.15, 0.2) is 5.82 Å². The molecule has 0 aliphatic heterocycles. The Bertz CT molecular complexity index is 899. The summed E-state index contributed by atoms with van der Waals surface area (Å²) in [6, 6.07) is 18.0. The molecule has 0 radical (unpaired) electrons. The molecule has 2 aromatic carbocycles. The van der Waals surface area contributed by atoms with Crippen molar-refractivity contribution in [3.8, 4) is 5.75 Å². The standard InChI is InChI=1S/C20H19ClN4O2/c1-27-17-5-3-2-4-14(17)12-13-22-18-10-11-19(25-24-18)23-20(26)15-6-8-16(21)9-7-15/h2-11H,12-13H2,1H3,(H,22,24)(H,23,25,26). The van der Waals surface area contributed by atoms with Gasteiger partial charge in [-0.25, -0.2) is 0 Å². The van der Waals surface area contributed by atoms with Gasteiger partial charge in [-0.3, -0.25) is 4.79 Å². The van der Waals surface area contributed by atoms with Crippen molar-refractivity contribution in [3.63, 3.8) is 0 Å². The van der Waals surface area contributed by atoms with Crippen molar-refractivity contribution in [2.45, 2.75) is 6.42 Å². The van der Waals surface area contributed by atoms with Crippen molar-refractivity contribution >= 4 is 29.1 Å². The quantitative estimate of drug-likeness (QED) is 0.644. The van der Waals surface area contributed by atoms with Crippen LogP contribution in [0.5, 0.6) is 5.75 Å². The number of aromatic nitrogens is 2. The van der Waals surface area contributed by atoms with E-state index in [0.717, 1.165) is 17.7 Å². The minimum atomic E-state index is -0.266. The molecule has 1 aromatic heterocycles. The van der Waals surface area contributed by atoms with Crippen molar-refractivity contribution < 1.29 is 9.53 Å². The molecule has 1 heterocycles. The number of benzene rings is 2. The fourth-order valence-electron chi connectivity index (χ4n) is 2.52. The number of methoxy groups -OCH3 is 1. The Hall–Kier alpha value is -3.12. The minimum absolute atomic E-state index is 0.266. The fraction of sp³-hybridized carbons (Fsp3) is 0.150. The number of carbonyl (C=O) groups excluding carboxylic acids is 1. The van der Waals surface area contributed by atoms with Crippen LogP contribution < -0.4 is 15.4 Å². The average molecular weight is 383 g/mol. The number of para-hydroxylation sites is 1. The second kappa shape index (κ2) is 9.00. The molecular weight excluding hydrogens is 364 g/mol. The van der Waals surface area contributed by atoms with Gasteiger partial charge in [0.1, 0.15) is 11.6 Å². The highest BCUT2D eigenvalue weighted by Gasteiger charge is 2.07. The molecule has 0 atom stereocenters. The summed E-state index contributed by atoms with van der Waals surface area (Å²) in [5, 5.41) is 14.6. The van der Waals surface area contributed by atoms with Crippen LogP contribution in [-0.2, 0) is 6.42 Å². The molecule has 27 heavy (non-hydrogen) atoms. The van der Waals surface area contributed by atoms with E-state index in [0.29, 0.717) is 28.8 Å². The van der Waals surface area contributed by atoms with Crippen molar-refractivity contribution in [3.05, 3.63) is 76.8 Å². The zero-order chi connectivity index (χ0) is 19.1. The van der Waals surface area contributed by atoms with Crippen molar-refractivity contribution in [1.29, 1.82) is 0 Å². The summed E-state index contributed by atoms with van der Waals surface area (Å²) < 4.78 is 5.34. The van der Waals surface area contributed by atoms with Crippen LogP contribution in [0.1, 0.15) is 15.9 Å². The van der Waals surface area contributed by atoms with Crippen molar-refractivity contribution in [1.82, 2.24) is 10.2 Å². The van der Waals surface area contributed by atoms with Crippen LogP contribution in [0.25, 0.3) is 0 Å². The first-order valence-corrected chi connectivity index (χ1v) is 8.80. The van der Waals surface area contributed by atoms with E-state index in [1.165, 1.54) is 0 Å². The third-order valence-corrected chi connectivity index (χ3v) is 4.16. The van der Waals surface area contributed by atoms with Gasteiger partial charge in [-0.05, 0) is 54.4 Å². The number of hydrogen-bond acceptors (Lipinski definition) is 5. The number of anilines is 2. The number of rotatable bonds is 7. The summed E-state index contributed by atoms with van der Waals surface area (Å²) in [5.41, 5.74) is 1.62. The topological polar surface area (TPSA) is 76.1 Å². The first-order valence-electron chi connectivity index (χ1n) is 8.42. The zero-order valence-corrected chi connectivity index (χ0v) is 15.5. The van der Waals surface area contributed by atoms with Crippen LogP contribution in [0.2, 0.25) is 5.02 Å². The summed E-state index contributed by atoms with van der Waals surface area (Å²) in [5.74, 6) is 1.61. The number of nitrogens with one attached hydrogen (secondary N) is 2. The summed E-state index contributed by atoms with van der Waals surface area (Å²) >= 11 is 5.82. The molecule has 2 N–H and O–H groups in total.